The zero-order valence-electron chi connectivity index (χ0n) is 22.3. The summed E-state index contributed by atoms with van der Waals surface area (Å²) in [5.41, 5.74) is 10.2. The molecule has 0 saturated carbocycles. The molecule has 3 N–H and O–H groups in total. The number of amides is 1. The number of carbonyl (C=O) groups is 1. The first-order valence-corrected chi connectivity index (χ1v) is 13.1. The molecule has 12 nitrogen and oxygen atoms in total. The molecule has 0 radical (unpaired) electrons. The van der Waals surface area contributed by atoms with Crippen LogP contribution in [0.3, 0.4) is 0 Å². The van der Waals surface area contributed by atoms with Crippen molar-refractivity contribution in [3.05, 3.63) is 72.3 Å². The Morgan fingerprint density at radius 3 is 2.80 bits per heavy atom. The summed E-state index contributed by atoms with van der Waals surface area (Å²) >= 11 is 0. The number of nitrogen functional groups attached to an aromatic ring is 1. The van der Waals surface area contributed by atoms with Crippen LogP contribution in [0.4, 0.5) is 11.6 Å². The number of nitrogens with one attached hydrogen (secondary N) is 1. The van der Waals surface area contributed by atoms with E-state index in [0.29, 0.717) is 35.1 Å². The fraction of sp³-hybridized carbons (Fsp3) is 0.286. The van der Waals surface area contributed by atoms with Crippen LogP contribution in [-0.2, 0) is 6.54 Å². The van der Waals surface area contributed by atoms with Crippen molar-refractivity contribution in [2.24, 2.45) is 0 Å². The molecule has 2 aliphatic rings. The van der Waals surface area contributed by atoms with E-state index in [1.807, 2.05) is 47.9 Å². The van der Waals surface area contributed by atoms with E-state index in [1.165, 1.54) is 12.5 Å². The number of pyridine rings is 2. The monoisotopic (exact) mass is 536 g/mol. The summed E-state index contributed by atoms with van der Waals surface area (Å²) in [4.78, 5) is 40.7. The molecule has 2 aliphatic heterocycles. The summed E-state index contributed by atoms with van der Waals surface area (Å²) in [5, 5.41) is 2.91. The molecule has 2 fully saturated rings. The van der Waals surface area contributed by atoms with Crippen molar-refractivity contribution in [3.8, 4) is 22.8 Å². The molecule has 5 aromatic rings. The first-order chi connectivity index (χ1) is 19.4. The first kappa shape index (κ1) is 24.2. The van der Waals surface area contributed by atoms with Gasteiger partial charge in [-0.1, -0.05) is 6.07 Å². The maximum absolute atomic E-state index is 13.3. The number of rotatable bonds is 6. The average molecular weight is 537 g/mol. The van der Waals surface area contributed by atoms with Crippen LogP contribution < -0.4 is 16.0 Å². The van der Waals surface area contributed by atoms with E-state index in [4.69, 9.17) is 15.1 Å². The smallest absolute Gasteiger partial charge is 0.274 e. The number of aromatic nitrogens is 6. The standard InChI is InChI=1S/C28H28N10O2/c1-15-11-31-20-8-7-17(13-37(15)20)22-23(28-30-9-10-40-28)35-26(29)24(34-22)27(39)32-12-18-5-4-6-21(33-18)38-14-19-25(16(38)2)36(19)3/h4-11,13,16,19,25H,12,14H2,1-3H3,(H2,29,35)(H,32,39)/t16-,19?,25-,36?/m1/s1. The van der Waals surface area contributed by atoms with Gasteiger partial charge in [-0.25, -0.2) is 24.9 Å². The Balaban J connectivity index is 1.17. The number of nitrogens with two attached hydrogens (primary N) is 1. The average Bonchev–Trinajstić information content (AvgIpc) is 3.40. The zero-order valence-corrected chi connectivity index (χ0v) is 22.3. The highest BCUT2D eigenvalue weighted by Crippen LogP contribution is 2.40. The van der Waals surface area contributed by atoms with Crippen LogP contribution in [-0.4, -0.2) is 71.8 Å². The molecule has 0 aromatic carbocycles. The molecule has 0 spiro atoms. The van der Waals surface area contributed by atoms with Gasteiger partial charge in [-0.2, -0.15) is 0 Å². The SMILES string of the molecule is Cc1cnc2ccc(-c3nc(C(=O)NCc4cccc(N5CC6[C@@H]([C@H]5C)N6C)n4)c(N)nc3-c3ncco3)cn12. The lowest BCUT2D eigenvalue weighted by Gasteiger charge is -2.27. The topological polar surface area (TPSA) is 143 Å². The number of hydrogen-bond donors (Lipinski definition) is 2. The van der Waals surface area contributed by atoms with Crippen LogP contribution in [0.5, 0.6) is 0 Å². The van der Waals surface area contributed by atoms with Crippen molar-refractivity contribution in [2.75, 3.05) is 24.2 Å². The predicted octanol–water partition coefficient (Wildman–Crippen LogP) is 2.55. The van der Waals surface area contributed by atoms with Gasteiger partial charge in [-0.05, 0) is 45.2 Å². The van der Waals surface area contributed by atoms with Crippen molar-refractivity contribution >= 4 is 23.2 Å². The van der Waals surface area contributed by atoms with Gasteiger partial charge in [0.2, 0.25) is 5.89 Å². The second-order valence-electron chi connectivity index (χ2n) is 10.3. The van der Waals surface area contributed by atoms with Crippen molar-refractivity contribution in [3.63, 3.8) is 0 Å². The molecule has 5 aromatic heterocycles. The molecule has 12 heteroatoms. The number of anilines is 2. The lowest BCUT2D eigenvalue weighted by molar-refractivity contribution is 0.0946. The number of aryl methyl sites for hydroxylation is 1. The van der Waals surface area contributed by atoms with Gasteiger partial charge in [0.1, 0.15) is 23.4 Å². The molecule has 2 unspecified atom stereocenters. The molecular weight excluding hydrogens is 508 g/mol. The molecular formula is C28H28N10O2. The molecule has 0 aliphatic carbocycles. The van der Waals surface area contributed by atoms with Crippen LogP contribution in [0.2, 0.25) is 0 Å². The van der Waals surface area contributed by atoms with Gasteiger partial charge < -0.3 is 24.8 Å². The van der Waals surface area contributed by atoms with E-state index < -0.39 is 5.91 Å². The summed E-state index contributed by atoms with van der Waals surface area (Å²) in [5.74, 6) is 0.700. The molecule has 0 bridgehead atoms. The summed E-state index contributed by atoms with van der Waals surface area (Å²) < 4.78 is 7.45. The molecule has 2 saturated heterocycles. The Bertz CT molecular complexity index is 1750. The minimum absolute atomic E-state index is 0.0141. The highest BCUT2D eigenvalue weighted by atomic mass is 16.3. The van der Waals surface area contributed by atoms with Crippen LogP contribution >= 0.6 is 0 Å². The third-order valence-corrected chi connectivity index (χ3v) is 7.92. The van der Waals surface area contributed by atoms with Gasteiger partial charge in [0.25, 0.3) is 5.91 Å². The van der Waals surface area contributed by atoms with E-state index in [2.05, 4.69) is 49.0 Å². The second-order valence-corrected chi connectivity index (χ2v) is 10.3. The van der Waals surface area contributed by atoms with Crippen molar-refractivity contribution in [1.29, 1.82) is 0 Å². The molecule has 7 heterocycles. The summed E-state index contributed by atoms with van der Waals surface area (Å²) in [7, 11) is 2.16. The van der Waals surface area contributed by atoms with E-state index in [9.17, 15) is 4.79 Å². The Morgan fingerprint density at radius 1 is 1.15 bits per heavy atom. The quantitative estimate of drug-likeness (QED) is 0.311. The molecule has 40 heavy (non-hydrogen) atoms. The lowest BCUT2D eigenvalue weighted by atomic mass is 10.1. The van der Waals surface area contributed by atoms with Gasteiger partial charge in [0.05, 0.1) is 18.4 Å². The maximum atomic E-state index is 13.3. The summed E-state index contributed by atoms with van der Waals surface area (Å²) in [6.45, 7) is 5.37. The van der Waals surface area contributed by atoms with Gasteiger partial charge in [-0.15, -0.1) is 0 Å². The maximum Gasteiger partial charge on any atom is 0.274 e. The number of nitrogens with zero attached hydrogens (tertiary/aromatic N) is 8. The third kappa shape index (κ3) is 3.95. The van der Waals surface area contributed by atoms with Gasteiger partial charge >= 0.3 is 0 Å². The molecule has 202 valence electrons. The van der Waals surface area contributed by atoms with Crippen molar-refractivity contribution in [2.45, 2.75) is 38.5 Å². The Kier molecular flexibility index (Phi) is 5.52. The van der Waals surface area contributed by atoms with Crippen molar-refractivity contribution < 1.29 is 9.21 Å². The number of imidazole rings is 1. The fourth-order valence-electron chi connectivity index (χ4n) is 5.71. The second kappa shape index (κ2) is 9.12. The number of piperazine rings is 1. The summed E-state index contributed by atoms with van der Waals surface area (Å²) in [6, 6.07) is 11.2. The number of fused-ring (bicyclic) bond motifs is 2. The highest BCUT2D eigenvalue weighted by molar-refractivity contribution is 5.97. The van der Waals surface area contributed by atoms with Gasteiger partial charge in [0, 0.05) is 48.3 Å². The third-order valence-electron chi connectivity index (χ3n) is 7.92. The zero-order chi connectivity index (χ0) is 27.5. The number of likely N-dealkylation sites (N-methyl/N-ethyl adjacent to an activating group) is 1. The minimum atomic E-state index is -0.449. The van der Waals surface area contributed by atoms with E-state index >= 15 is 0 Å². The molecule has 4 atom stereocenters. The first-order valence-electron chi connectivity index (χ1n) is 13.1. The van der Waals surface area contributed by atoms with Crippen LogP contribution in [0.25, 0.3) is 28.5 Å². The fourth-order valence-corrected chi connectivity index (χ4v) is 5.71. The van der Waals surface area contributed by atoms with E-state index in [1.54, 1.807) is 6.20 Å². The lowest BCUT2D eigenvalue weighted by Crippen LogP contribution is -2.36. The van der Waals surface area contributed by atoms with Crippen LogP contribution in [0, 0.1) is 6.92 Å². The van der Waals surface area contributed by atoms with Gasteiger partial charge in [0.15, 0.2) is 17.2 Å². The van der Waals surface area contributed by atoms with Crippen molar-refractivity contribution in [1.82, 2.24) is 39.5 Å². The molecule has 7 rings (SSSR count). The van der Waals surface area contributed by atoms with Crippen LogP contribution in [0.1, 0.15) is 28.8 Å². The highest BCUT2D eigenvalue weighted by Gasteiger charge is 2.56. The Hall–Kier alpha value is -4.84. The Labute approximate surface area is 229 Å². The largest absolute Gasteiger partial charge is 0.443 e. The van der Waals surface area contributed by atoms with Gasteiger partial charge in [-0.3, -0.25) is 9.69 Å². The predicted molar refractivity (Wildman–Crippen MR) is 148 cm³/mol. The minimum Gasteiger partial charge on any atom is -0.443 e. The van der Waals surface area contributed by atoms with E-state index in [-0.39, 0.29) is 23.9 Å². The summed E-state index contributed by atoms with van der Waals surface area (Å²) in [6.07, 6.45) is 6.65. The molecule has 1 amide bonds. The van der Waals surface area contributed by atoms with Crippen LogP contribution in [0.15, 0.2) is 59.6 Å². The normalized spacial score (nSPS) is 21.5. The number of oxazole rings is 1. The van der Waals surface area contributed by atoms with E-state index in [0.717, 1.165) is 29.4 Å². The number of hydrogen-bond acceptors (Lipinski definition) is 10. The number of carbonyl (C=O) groups excluding carboxylic acids is 1. The Morgan fingerprint density at radius 2 is 2.02 bits per heavy atom.